The van der Waals surface area contributed by atoms with E-state index in [1.807, 2.05) is 0 Å². The van der Waals surface area contributed by atoms with Crippen LogP contribution in [0.15, 0.2) is 5.57 Å². The first-order chi connectivity index (χ1) is 8.76. The molecule has 0 saturated heterocycles. The third-order valence-electron chi connectivity index (χ3n) is 2.44. The first kappa shape index (κ1) is 18.7. The summed E-state index contributed by atoms with van der Waals surface area (Å²) in [5, 5.41) is 23.4. The van der Waals surface area contributed by atoms with Gasteiger partial charge in [-0.25, -0.2) is 5.87 Å². The molecule has 0 bridgehead atoms. The van der Waals surface area contributed by atoms with Crippen LogP contribution in [-0.4, -0.2) is 12.4 Å². The number of hydrogen-bond donors (Lipinski definition) is 1. The molecule has 100 valence electrons. The molecule has 0 aromatic rings. The van der Waals surface area contributed by atoms with Crippen LogP contribution in [0.2, 0.25) is 0 Å². The Hall–Kier alpha value is -1.61. The summed E-state index contributed by atoms with van der Waals surface area (Å²) in [6.07, 6.45) is 11.3. The van der Waals surface area contributed by atoms with Crippen LogP contribution in [0.4, 0.5) is 0 Å². The van der Waals surface area contributed by atoms with Crippen LogP contribution in [0.1, 0.15) is 58.3 Å². The van der Waals surface area contributed by atoms with Crippen LogP contribution >= 0.6 is 0 Å². The second-order valence-corrected chi connectivity index (χ2v) is 4.04. The van der Waals surface area contributed by atoms with Crippen molar-refractivity contribution in [2.24, 2.45) is 0 Å². The molecule has 0 unspecified atom stereocenters. The van der Waals surface area contributed by atoms with Crippen molar-refractivity contribution in [3.63, 3.8) is 0 Å². The largest absolute Gasteiger partial charge is 0.762 e. The normalized spacial score (nSPS) is 8.22. The summed E-state index contributed by atoms with van der Waals surface area (Å²) < 4.78 is 0. The van der Waals surface area contributed by atoms with Gasteiger partial charge in [-0.05, 0) is 12.8 Å². The maximum atomic E-state index is 7.79. The van der Waals surface area contributed by atoms with E-state index in [-0.39, 0.29) is 0 Å². The van der Waals surface area contributed by atoms with E-state index in [1.54, 1.807) is 0 Å². The van der Waals surface area contributed by atoms with Crippen molar-refractivity contribution in [2.45, 2.75) is 58.3 Å². The van der Waals surface area contributed by atoms with Gasteiger partial charge in [-0.3, -0.25) is 0 Å². The molecular weight excluding hydrogens is 224 g/mol. The SMILES string of the molecule is CCCCCCCCCC[NH3+].N#CC(=C=[N-])C#N. The van der Waals surface area contributed by atoms with Crippen molar-refractivity contribution in [1.82, 2.24) is 0 Å². The van der Waals surface area contributed by atoms with E-state index in [9.17, 15) is 0 Å². The molecule has 0 spiro atoms. The van der Waals surface area contributed by atoms with E-state index in [0.29, 0.717) is 0 Å². The number of quaternary nitrogens is 1. The lowest BCUT2D eigenvalue weighted by Gasteiger charge is -1.98. The zero-order valence-electron chi connectivity index (χ0n) is 11.4. The standard InChI is InChI=1S/C10H23N.C4N3/c1-2-3-4-5-6-7-8-9-10-11;5-1-4(2-6)3-7/h2-11H2,1H3;/q;-1/p+1. The van der Waals surface area contributed by atoms with Crippen molar-refractivity contribution in [2.75, 3.05) is 6.54 Å². The lowest BCUT2D eigenvalue weighted by molar-refractivity contribution is -0.368. The van der Waals surface area contributed by atoms with Gasteiger partial charge in [-0.2, -0.15) is 10.5 Å². The maximum absolute atomic E-state index is 7.79. The van der Waals surface area contributed by atoms with Crippen LogP contribution in [-0.2, 0) is 0 Å². The highest BCUT2D eigenvalue weighted by Crippen LogP contribution is 2.07. The summed E-state index contributed by atoms with van der Waals surface area (Å²) in [6.45, 7) is 3.39. The predicted molar refractivity (Wildman–Crippen MR) is 73.5 cm³/mol. The summed E-state index contributed by atoms with van der Waals surface area (Å²) in [5.41, 5.74) is 3.43. The molecule has 0 rings (SSSR count). The molecule has 4 nitrogen and oxygen atoms in total. The average molecular weight is 248 g/mol. The summed E-state index contributed by atoms with van der Waals surface area (Å²) >= 11 is 0. The Bertz CT molecular complexity index is 279. The van der Waals surface area contributed by atoms with Crippen LogP contribution in [0.5, 0.6) is 0 Å². The second-order valence-electron chi connectivity index (χ2n) is 4.04. The van der Waals surface area contributed by atoms with E-state index >= 15 is 0 Å². The van der Waals surface area contributed by atoms with Gasteiger partial charge >= 0.3 is 0 Å². The van der Waals surface area contributed by atoms with Gasteiger partial charge in [-0.15, -0.1) is 0 Å². The minimum atomic E-state index is -0.403. The minimum Gasteiger partial charge on any atom is -0.762 e. The Morgan fingerprint density at radius 3 is 1.67 bits per heavy atom. The summed E-state index contributed by atoms with van der Waals surface area (Å²) in [6, 6.07) is 2.79. The molecule has 0 aromatic carbocycles. The fraction of sp³-hybridized carbons (Fsp3) is 0.714. The quantitative estimate of drug-likeness (QED) is 0.405. The van der Waals surface area contributed by atoms with Gasteiger partial charge in [0.05, 0.1) is 6.54 Å². The number of rotatable bonds is 8. The number of unbranched alkanes of at least 4 members (excludes halogenated alkanes) is 7. The van der Waals surface area contributed by atoms with Gasteiger partial charge in [0.2, 0.25) is 0 Å². The molecule has 0 atom stereocenters. The van der Waals surface area contributed by atoms with Crippen LogP contribution in [0.25, 0.3) is 5.41 Å². The molecule has 0 fully saturated rings. The summed E-state index contributed by atoms with van der Waals surface area (Å²) in [5.74, 6) is 1.40. The molecule has 3 N–H and O–H groups in total. The number of nitrogens with zero attached hydrogens (tertiary/aromatic N) is 3. The molecule has 4 heteroatoms. The average Bonchev–Trinajstić information content (AvgIpc) is 2.41. The third kappa shape index (κ3) is 16.8. The molecule has 0 saturated carbocycles. The number of hydrogen-bond acceptors (Lipinski definition) is 2. The first-order valence-electron chi connectivity index (χ1n) is 6.63. The zero-order valence-corrected chi connectivity index (χ0v) is 11.4. The van der Waals surface area contributed by atoms with Crippen molar-refractivity contribution in [1.29, 1.82) is 10.5 Å². The summed E-state index contributed by atoms with van der Waals surface area (Å²) in [4.78, 5) is 0. The predicted octanol–water partition coefficient (Wildman–Crippen LogP) is 2.57. The van der Waals surface area contributed by atoms with E-state index in [4.69, 9.17) is 15.9 Å². The molecule has 0 aliphatic carbocycles. The highest BCUT2D eigenvalue weighted by atomic mass is 14.5. The lowest BCUT2D eigenvalue weighted by Crippen LogP contribution is -2.50. The molecule has 0 aliphatic rings. The van der Waals surface area contributed by atoms with Crippen molar-refractivity contribution in [3.8, 4) is 12.1 Å². The van der Waals surface area contributed by atoms with E-state index < -0.39 is 5.57 Å². The number of allylic oxidation sites excluding steroid dienone is 1. The molecule has 0 amide bonds. The van der Waals surface area contributed by atoms with Crippen LogP contribution in [0.3, 0.4) is 0 Å². The fourth-order valence-corrected chi connectivity index (χ4v) is 1.39. The van der Waals surface area contributed by atoms with Crippen LogP contribution < -0.4 is 5.73 Å². The third-order valence-corrected chi connectivity index (χ3v) is 2.44. The topological polar surface area (TPSA) is 97.5 Å². The molecule has 0 aromatic heterocycles. The zero-order chi connectivity index (χ0) is 14.1. The van der Waals surface area contributed by atoms with Crippen molar-refractivity contribution >= 4 is 5.87 Å². The lowest BCUT2D eigenvalue weighted by atomic mass is 10.1. The molecule has 0 aliphatic heterocycles. The first-order valence-corrected chi connectivity index (χ1v) is 6.63. The molecule has 0 heterocycles. The van der Waals surface area contributed by atoms with Crippen molar-refractivity contribution in [3.05, 3.63) is 11.0 Å². The molecular formula is C14H24N4. The van der Waals surface area contributed by atoms with Crippen LogP contribution in [0, 0.1) is 22.7 Å². The van der Waals surface area contributed by atoms with E-state index in [0.717, 1.165) is 6.54 Å². The van der Waals surface area contributed by atoms with Gasteiger partial charge in [0.15, 0.2) is 0 Å². The smallest absolute Gasteiger partial charge is 0.148 e. The number of nitriles is 2. The van der Waals surface area contributed by atoms with Gasteiger partial charge in [-0.1, -0.05) is 45.4 Å². The molecule has 18 heavy (non-hydrogen) atoms. The Morgan fingerprint density at radius 1 is 0.944 bits per heavy atom. The Balaban J connectivity index is 0. The Labute approximate surface area is 111 Å². The Kier molecular flexibility index (Phi) is 18.5. The second kappa shape index (κ2) is 17.8. The van der Waals surface area contributed by atoms with Crippen molar-refractivity contribution < 1.29 is 5.73 Å². The van der Waals surface area contributed by atoms with Gasteiger partial charge in [0, 0.05) is 0 Å². The van der Waals surface area contributed by atoms with E-state index in [2.05, 4.69) is 12.7 Å². The minimum absolute atomic E-state index is 0.403. The Morgan fingerprint density at radius 2 is 1.39 bits per heavy atom. The highest BCUT2D eigenvalue weighted by Gasteiger charge is 1.89. The van der Waals surface area contributed by atoms with E-state index in [1.165, 1.54) is 69.4 Å². The fourth-order valence-electron chi connectivity index (χ4n) is 1.39. The monoisotopic (exact) mass is 248 g/mol. The van der Waals surface area contributed by atoms with Gasteiger partial charge < -0.3 is 11.1 Å². The molecule has 0 radical (unpaired) electrons. The highest BCUT2D eigenvalue weighted by molar-refractivity contribution is 5.71. The maximum Gasteiger partial charge on any atom is 0.148 e. The van der Waals surface area contributed by atoms with Gasteiger partial charge in [0.1, 0.15) is 17.7 Å². The summed E-state index contributed by atoms with van der Waals surface area (Å²) in [7, 11) is 0. The van der Waals surface area contributed by atoms with Gasteiger partial charge in [0.25, 0.3) is 0 Å².